The summed E-state index contributed by atoms with van der Waals surface area (Å²) in [5.41, 5.74) is 5.53. The summed E-state index contributed by atoms with van der Waals surface area (Å²) >= 11 is 0. The number of benzene rings is 1. The first-order valence-electron chi connectivity index (χ1n) is 5.51. The van der Waals surface area contributed by atoms with E-state index in [2.05, 4.69) is 23.8 Å². The maximum absolute atomic E-state index is 4.58. The molecule has 1 aromatic rings. The highest BCUT2D eigenvalue weighted by Gasteiger charge is 2.13. The molecule has 0 radical (unpaired) electrons. The van der Waals surface area contributed by atoms with Crippen molar-refractivity contribution in [1.82, 2.24) is 0 Å². The zero-order chi connectivity index (χ0) is 11.5. The van der Waals surface area contributed by atoms with E-state index in [4.69, 9.17) is 0 Å². The minimum atomic E-state index is 0.983. The zero-order valence-corrected chi connectivity index (χ0v) is 9.99. The van der Waals surface area contributed by atoms with Gasteiger partial charge in [0.2, 0.25) is 0 Å². The third-order valence-corrected chi connectivity index (χ3v) is 2.62. The lowest BCUT2D eigenvalue weighted by molar-refractivity contribution is 1.27. The van der Waals surface area contributed by atoms with Gasteiger partial charge in [-0.25, -0.2) is 0 Å². The number of nitrogens with zero attached hydrogens (tertiary/aromatic N) is 2. The van der Waals surface area contributed by atoms with E-state index in [0.717, 1.165) is 23.5 Å². The Morgan fingerprint density at radius 3 is 2.44 bits per heavy atom. The van der Waals surface area contributed by atoms with Crippen LogP contribution in [0.4, 0.5) is 5.69 Å². The molecule has 82 valence electrons. The average molecular weight is 212 g/mol. The Hall–Kier alpha value is -1.70. The van der Waals surface area contributed by atoms with Crippen LogP contribution in [0.25, 0.3) is 0 Å². The smallest absolute Gasteiger partial charge is 0.0834 e. The first-order valence-corrected chi connectivity index (χ1v) is 5.51. The molecule has 0 bridgehead atoms. The van der Waals surface area contributed by atoms with Crippen molar-refractivity contribution in [1.29, 1.82) is 0 Å². The van der Waals surface area contributed by atoms with Crippen molar-refractivity contribution in [2.24, 2.45) is 9.98 Å². The van der Waals surface area contributed by atoms with Crippen molar-refractivity contribution in [2.75, 3.05) is 0 Å². The summed E-state index contributed by atoms with van der Waals surface area (Å²) in [5.74, 6) is 0. The lowest BCUT2D eigenvalue weighted by Crippen LogP contribution is -1.94. The Balaban J connectivity index is 2.30. The molecule has 1 aromatic carbocycles. The van der Waals surface area contributed by atoms with Crippen molar-refractivity contribution in [3.63, 3.8) is 0 Å². The molecular formula is C14H16N2. The van der Waals surface area contributed by atoms with Crippen molar-refractivity contribution in [2.45, 2.75) is 27.2 Å². The van der Waals surface area contributed by atoms with E-state index >= 15 is 0 Å². The van der Waals surface area contributed by atoms with Crippen LogP contribution in [0.1, 0.15) is 27.2 Å². The van der Waals surface area contributed by atoms with E-state index in [1.165, 1.54) is 11.3 Å². The molecule has 1 aliphatic rings. The minimum Gasteiger partial charge on any atom is -0.256 e. The van der Waals surface area contributed by atoms with E-state index in [9.17, 15) is 0 Å². The highest BCUT2D eigenvalue weighted by molar-refractivity contribution is 6.05. The Kier molecular flexibility index (Phi) is 3.00. The Morgan fingerprint density at radius 2 is 1.88 bits per heavy atom. The predicted octanol–water partition coefficient (Wildman–Crippen LogP) is 3.92. The average Bonchev–Trinajstić information content (AvgIpc) is 2.59. The van der Waals surface area contributed by atoms with Crippen LogP contribution in [-0.4, -0.2) is 11.4 Å². The third-order valence-electron chi connectivity index (χ3n) is 2.62. The lowest BCUT2D eigenvalue weighted by Gasteiger charge is -2.01. The van der Waals surface area contributed by atoms with Crippen LogP contribution in [0, 0.1) is 0 Å². The molecule has 0 aliphatic carbocycles. The molecular weight excluding hydrogens is 196 g/mol. The van der Waals surface area contributed by atoms with Gasteiger partial charge >= 0.3 is 0 Å². The molecule has 0 N–H and O–H groups in total. The predicted molar refractivity (Wildman–Crippen MR) is 69.6 cm³/mol. The molecule has 1 aliphatic heterocycles. The molecule has 0 atom stereocenters. The fourth-order valence-electron chi connectivity index (χ4n) is 1.93. The van der Waals surface area contributed by atoms with Gasteiger partial charge in [-0.15, -0.1) is 0 Å². The maximum Gasteiger partial charge on any atom is 0.0834 e. The monoisotopic (exact) mass is 212 g/mol. The van der Waals surface area contributed by atoms with Crippen molar-refractivity contribution >= 4 is 17.1 Å². The van der Waals surface area contributed by atoms with Crippen molar-refractivity contribution in [3.05, 3.63) is 41.6 Å². The van der Waals surface area contributed by atoms with Gasteiger partial charge in [-0.05, 0) is 38.5 Å². The van der Waals surface area contributed by atoms with Crippen LogP contribution in [-0.2, 0) is 0 Å². The maximum atomic E-state index is 4.58. The fourth-order valence-corrected chi connectivity index (χ4v) is 1.93. The zero-order valence-electron chi connectivity index (χ0n) is 9.99. The standard InChI is InChI=1S/C14H16N2/c1-10-9-11(2)15-14(10)12(3)16-13-7-5-4-6-8-13/h4-8H,9H2,1-3H3/b16-12+. The molecule has 0 aromatic heterocycles. The molecule has 0 spiro atoms. The molecule has 2 nitrogen and oxygen atoms in total. The normalized spacial score (nSPS) is 16.7. The summed E-state index contributed by atoms with van der Waals surface area (Å²) in [7, 11) is 0. The molecule has 2 heteroatoms. The van der Waals surface area contributed by atoms with Crippen LogP contribution in [0.3, 0.4) is 0 Å². The van der Waals surface area contributed by atoms with Gasteiger partial charge in [0, 0.05) is 12.1 Å². The number of rotatable bonds is 2. The van der Waals surface area contributed by atoms with Crippen LogP contribution < -0.4 is 0 Å². The van der Waals surface area contributed by atoms with E-state index < -0.39 is 0 Å². The molecule has 0 saturated carbocycles. The lowest BCUT2D eigenvalue weighted by atomic mass is 10.1. The topological polar surface area (TPSA) is 24.7 Å². The van der Waals surface area contributed by atoms with Crippen molar-refractivity contribution in [3.8, 4) is 0 Å². The summed E-state index contributed by atoms with van der Waals surface area (Å²) in [4.78, 5) is 9.11. The van der Waals surface area contributed by atoms with Crippen LogP contribution in [0.15, 0.2) is 51.6 Å². The van der Waals surface area contributed by atoms with Gasteiger partial charge in [0.05, 0.1) is 17.1 Å². The second-order valence-electron chi connectivity index (χ2n) is 4.19. The molecule has 0 amide bonds. The molecule has 2 rings (SSSR count). The Morgan fingerprint density at radius 1 is 1.19 bits per heavy atom. The Bertz CT molecular complexity index is 479. The highest BCUT2D eigenvalue weighted by Crippen LogP contribution is 2.22. The number of aliphatic imine (C=N–C) groups is 2. The number of hydrogen-bond acceptors (Lipinski definition) is 2. The van der Waals surface area contributed by atoms with Gasteiger partial charge in [-0.1, -0.05) is 18.2 Å². The fraction of sp³-hybridized carbons (Fsp3) is 0.286. The summed E-state index contributed by atoms with van der Waals surface area (Å²) in [6, 6.07) is 10.00. The quantitative estimate of drug-likeness (QED) is 0.664. The minimum absolute atomic E-state index is 0.983. The van der Waals surface area contributed by atoms with Gasteiger partial charge in [-0.2, -0.15) is 0 Å². The molecule has 16 heavy (non-hydrogen) atoms. The summed E-state index contributed by atoms with van der Waals surface area (Å²) < 4.78 is 0. The van der Waals surface area contributed by atoms with Crippen LogP contribution >= 0.6 is 0 Å². The first-order chi connectivity index (χ1) is 7.66. The van der Waals surface area contributed by atoms with E-state index in [-0.39, 0.29) is 0 Å². The largest absolute Gasteiger partial charge is 0.256 e. The van der Waals surface area contributed by atoms with Gasteiger partial charge < -0.3 is 0 Å². The molecule has 1 heterocycles. The van der Waals surface area contributed by atoms with Crippen LogP contribution in [0.5, 0.6) is 0 Å². The summed E-state index contributed by atoms with van der Waals surface area (Å²) in [6.07, 6.45) is 0.983. The van der Waals surface area contributed by atoms with E-state index in [1.54, 1.807) is 0 Å². The summed E-state index contributed by atoms with van der Waals surface area (Å²) in [5, 5.41) is 0. The second kappa shape index (κ2) is 4.44. The van der Waals surface area contributed by atoms with Gasteiger partial charge in [0.15, 0.2) is 0 Å². The SMILES string of the molecule is CC1=NC(/C(C)=N/c2ccccc2)=C(C)C1. The number of para-hydroxylation sites is 1. The first kappa shape index (κ1) is 10.8. The van der Waals surface area contributed by atoms with E-state index in [0.29, 0.717) is 0 Å². The Labute approximate surface area is 96.4 Å². The van der Waals surface area contributed by atoms with Crippen molar-refractivity contribution < 1.29 is 0 Å². The number of hydrogen-bond donors (Lipinski definition) is 0. The summed E-state index contributed by atoms with van der Waals surface area (Å²) in [6.45, 7) is 6.21. The van der Waals surface area contributed by atoms with Gasteiger partial charge in [0.25, 0.3) is 0 Å². The van der Waals surface area contributed by atoms with Crippen LogP contribution in [0.2, 0.25) is 0 Å². The van der Waals surface area contributed by atoms with Gasteiger partial charge in [0.1, 0.15) is 0 Å². The molecule has 0 saturated heterocycles. The second-order valence-corrected chi connectivity index (χ2v) is 4.19. The third kappa shape index (κ3) is 2.27. The highest BCUT2D eigenvalue weighted by atomic mass is 14.9. The number of allylic oxidation sites excluding steroid dienone is 2. The molecule has 0 unspecified atom stereocenters. The van der Waals surface area contributed by atoms with Gasteiger partial charge in [-0.3, -0.25) is 9.98 Å². The van der Waals surface area contributed by atoms with E-state index in [1.807, 2.05) is 37.3 Å². The molecule has 0 fully saturated rings.